The van der Waals surface area contributed by atoms with Gasteiger partial charge in [-0.05, 0) is 18.4 Å². The molecule has 1 nitrogen and oxygen atoms in total. The fraction of sp³-hybridized carbons (Fsp3) is 0.385. The number of methoxy groups -OCH3 is 1. The van der Waals surface area contributed by atoms with Crippen molar-refractivity contribution in [1.82, 2.24) is 0 Å². The second-order valence-electron chi connectivity index (χ2n) is 3.27. The van der Waals surface area contributed by atoms with E-state index in [2.05, 4.69) is 42.8 Å². The normalized spacial score (nSPS) is 9.79. The first-order valence-corrected chi connectivity index (χ1v) is 4.91. The molecule has 0 atom stereocenters. The fourth-order valence-electron chi connectivity index (χ4n) is 0.974. The minimum absolute atomic E-state index is 0.659. The van der Waals surface area contributed by atoms with Crippen LogP contribution in [0.4, 0.5) is 0 Å². The van der Waals surface area contributed by atoms with Crippen molar-refractivity contribution in [2.75, 3.05) is 7.11 Å². The lowest BCUT2D eigenvalue weighted by Gasteiger charge is -2.01. The topological polar surface area (TPSA) is 9.23 Å². The number of ether oxygens (including phenoxy) is 1. The van der Waals surface area contributed by atoms with Crippen molar-refractivity contribution in [2.45, 2.75) is 26.7 Å². The molecular weight excluding hydrogens is 172 g/mol. The summed E-state index contributed by atoms with van der Waals surface area (Å²) in [4.78, 5) is 0. The molecular formula is C13H20O. The fourth-order valence-corrected chi connectivity index (χ4v) is 0.974. The van der Waals surface area contributed by atoms with Crippen molar-refractivity contribution in [3.63, 3.8) is 0 Å². The number of rotatable bonds is 2. The maximum atomic E-state index is 4.51. The number of hydrogen-bond acceptors (Lipinski definition) is 1. The summed E-state index contributed by atoms with van der Waals surface area (Å²) in [7, 11) is 1.62. The maximum Gasteiger partial charge on any atom is 0.0781 e. The molecule has 14 heavy (non-hydrogen) atoms. The second-order valence-corrected chi connectivity index (χ2v) is 3.27. The minimum atomic E-state index is 0.659. The van der Waals surface area contributed by atoms with E-state index in [1.807, 2.05) is 19.1 Å². The molecule has 0 fully saturated rings. The van der Waals surface area contributed by atoms with E-state index in [1.54, 1.807) is 13.4 Å². The van der Waals surface area contributed by atoms with E-state index in [0.717, 1.165) is 0 Å². The summed E-state index contributed by atoms with van der Waals surface area (Å²) < 4.78 is 4.51. The number of allylic oxidation sites excluding steroid dienone is 1. The summed E-state index contributed by atoms with van der Waals surface area (Å²) in [6.07, 6.45) is 3.46. The predicted octanol–water partition coefficient (Wildman–Crippen LogP) is 3.98. The molecule has 0 aliphatic carbocycles. The summed E-state index contributed by atoms with van der Waals surface area (Å²) in [5, 5.41) is 0. The van der Waals surface area contributed by atoms with Gasteiger partial charge in [0.25, 0.3) is 0 Å². The van der Waals surface area contributed by atoms with Crippen molar-refractivity contribution >= 4 is 0 Å². The van der Waals surface area contributed by atoms with Crippen LogP contribution in [0.5, 0.6) is 0 Å². The van der Waals surface area contributed by atoms with Gasteiger partial charge >= 0.3 is 0 Å². The van der Waals surface area contributed by atoms with Crippen LogP contribution in [0.25, 0.3) is 0 Å². The molecule has 1 rings (SSSR count). The van der Waals surface area contributed by atoms with E-state index in [1.165, 1.54) is 5.56 Å². The van der Waals surface area contributed by atoms with Crippen LogP contribution in [0.15, 0.2) is 42.7 Å². The molecule has 1 aromatic carbocycles. The zero-order valence-electron chi connectivity index (χ0n) is 9.53. The van der Waals surface area contributed by atoms with Gasteiger partial charge in [0.05, 0.1) is 13.4 Å². The Morgan fingerprint density at radius 2 is 1.71 bits per heavy atom. The SMILES string of the molecule is CC(C)c1ccccc1.CC=COC. The third kappa shape index (κ3) is 6.30. The minimum Gasteiger partial charge on any atom is -0.505 e. The van der Waals surface area contributed by atoms with Gasteiger partial charge in [-0.1, -0.05) is 50.3 Å². The lowest BCUT2D eigenvalue weighted by molar-refractivity contribution is 0.337. The highest BCUT2D eigenvalue weighted by molar-refractivity contribution is 5.17. The van der Waals surface area contributed by atoms with E-state index in [-0.39, 0.29) is 0 Å². The summed E-state index contributed by atoms with van der Waals surface area (Å²) in [6, 6.07) is 10.5. The first-order chi connectivity index (χ1) is 6.72. The Bertz CT molecular complexity index is 237. The second kappa shape index (κ2) is 8.36. The van der Waals surface area contributed by atoms with Crippen LogP contribution in [0.3, 0.4) is 0 Å². The van der Waals surface area contributed by atoms with E-state index >= 15 is 0 Å². The average Bonchev–Trinajstić information content (AvgIpc) is 2.21. The van der Waals surface area contributed by atoms with Crippen LogP contribution < -0.4 is 0 Å². The molecule has 0 aliphatic heterocycles. The summed E-state index contributed by atoms with van der Waals surface area (Å²) in [5.41, 5.74) is 1.41. The third-order valence-corrected chi connectivity index (χ3v) is 1.74. The van der Waals surface area contributed by atoms with Crippen LogP contribution in [0.1, 0.15) is 32.3 Å². The Kier molecular flexibility index (Phi) is 7.62. The molecule has 0 unspecified atom stereocenters. The molecule has 0 N–H and O–H groups in total. The van der Waals surface area contributed by atoms with E-state index in [9.17, 15) is 0 Å². The molecule has 0 saturated carbocycles. The Balaban J connectivity index is 0.000000292. The smallest absolute Gasteiger partial charge is 0.0781 e. The van der Waals surface area contributed by atoms with Crippen molar-refractivity contribution in [2.24, 2.45) is 0 Å². The molecule has 1 aromatic rings. The Morgan fingerprint density at radius 3 is 1.93 bits per heavy atom. The third-order valence-electron chi connectivity index (χ3n) is 1.74. The lowest BCUT2D eigenvalue weighted by atomic mass is 10.0. The molecule has 0 aromatic heterocycles. The molecule has 0 heterocycles. The van der Waals surface area contributed by atoms with Gasteiger partial charge in [-0.15, -0.1) is 0 Å². The van der Waals surface area contributed by atoms with Gasteiger partial charge in [0.2, 0.25) is 0 Å². The summed E-state index contributed by atoms with van der Waals surface area (Å²) >= 11 is 0. The molecule has 0 radical (unpaired) electrons. The average molecular weight is 192 g/mol. The standard InChI is InChI=1S/C9H12.C4H8O/c1-8(2)9-6-4-3-5-7-9;1-3-4-5-2/h3-8H,1-2H3;3-4H,1-2H3. The van der Waals surface area contributed by atoms with Crippen LogP contribution in [-0.4, -0.2) is 7.11 Å². The molecule has 78 valence electrons. The van der Waals surface area contributed by atoms with Crippen LogP contribution in [0, 0.1) is 0 Å². The summed E-state index contributed by atoms with van der Waals surface area (Å²) in [6.45, 7) is 6.31. The molecule has 0 amide bonds. The van der Waals surface area contributed by atoms with Gasteiger partial charge in [0.15, 0.2) is 0 Å². The van der Waals surface area contributed by atoms with Gasteiger partial charge in [-0.25, -0.2) is 0 Å². The largest absolute Gasteiger partial charge is 0.505 e. The Morgan fingerprint density at radius 1 is 1.14 bits per heavy atom. The van der Waals surface area contributed by atoms with E-state index in [4.69, 9.17) is 0 Å². The number of benzene rings is 1. The van der Waals surface area contributed by atoms with E-state index in [0.29, 0.717) is 5.92 Å². The van der Waals surface area contributed by atoms with Crippen molar-refractivity contribution in [1.29, 1.82) is 0 Å². The predicted molar refractivity (Wildman–Crippen MR) is 62.4 cm³/mol. The van der Waals surface area contributed by atoms with Gasteiger partial charge in [-0.3, -0.25) is 0 Å². The van der Waals surface area contributed by atoms with E-state index < -0.39 is 0 Å². The molecule has 0 saturated heterocycles. The first-order valence-electron chi connectivity index (χ1n) is 4.91. The lowest BCUT2D eigenvalue weighted by Crippen LogP contribution is -1.83. The highest BCUT2D eigenvalue weighted by atomic mass is 16.5. The number of hydrogen-bond donors (Lipinski definition) is 0. The monoisotopic (exact) mass is 192 g/mol. The quantitative estimate of drug-likeness (QED) is 0.644. The summed E-state index contributed by atoms with van der Waals surface area (Å²) in [5.74, 6) is 0.659. The van der Waals surface area contributed by atoms with Gasteiger partial charge < -0.3 is 4.74 Å². The van der Waals surface area contributed by atoms with Crippen molar-refractivity contribution in [3.8, 4) is 0 Å². The molecule has 0 bridgehead atoms. The molecule has 1 heteroatoms. The Hall–Kier alpha value is -1.24. The van der Waals surface area contributed by atoms with Crippen LogP contribution in [0.2, 0.25) is 0 Å². The first kappa shape index (κ1) is 12.8. The highest BCUT2D eigenvalue weighted by Crippen LogP contribution is 2.11. The zero-order chi connectivity index (χ0) is 10.8. The van der Waals surface area contributed by atoms with Crippen molar-refractivity contribution in [3.05, 3.63) is 48.2 Å². The maximum absolute atomic E-state index is 4.51. The van der Waals surface area contributed by atoms with Gasteiger partial charge in [-0.2, -0.15) is 0 Å². The van der Waals surface area contributed by atoms with Gasteiger partial charge in [0, 0.05) is 0 Å². The highest BCUT2D eigenvalue weighted by Gasteiger charge is 1.93. The van der Waals surface area contributed by atoms with Crippen molar-refractivity contribution < 1.29 is 4.74 Å². The Labute approximate surface area is 87.4 Å². The molecule has 0 aliphatic rings. The molecule has 0 spiro atoms. The van der Waals surface area contributed by atoms with Gasteiger partial charge in [0.1, 0.15) is 0 Å². The van der Waals surface area contributed by atoms with Crippen LogP contribution in [-0.2, 0) is 4.74 Å². The zero-order valence-corrected chi connectivity index (χ0v) is 9.53. The van der Waals surface area contributed by atoms with Crippen LogP contribution >= 0.6 is 0 Å².